The lowest BCUT2D eigenvalue weighted by Gasteiger charge is -2.31. The first-order valence-corrected chi connectivity index (χ1v) is 10.9. The summed E-state index contributed by atoms with van der Waals surface area (Å²) in [6.07, 6.45) is 8.91. The minimum absolute atomic E-state index is 0.112. The second-order valence-corrected chi connectivity index (χ2v) is 8.35. The van der Waals surface area contributed by atoms with Crippen molar-refractivity contribution in [1.29, 1.82) is 5.41 Å². The summed E-state index contributed by atoms with van der Waals surface area (Å²) in [7, 11) is 0. The van der Waals surface area contributed by atoms with Crippen LogP contribution in [-0.2, 0) is 0 Å². The van der Waals surface area contributed by atoms with Crippen LogP contribution in [0.1, 0.15) is 59.6 Å². The molecule has 0 fully saturated rings. The van der Waals surface area contributed by atoms with E-state index in [9.17, 15) is 0 Å². The average Bonchev–Trinajstić information content (AvgIpc) is 2.99. The average molecular weight is 424 g/mol. The summed E-state index contributed by atoms with van der Waals surface area (Å²) >= 11 is 6.17. The maximum Gasteiger partial charge on any atom is 0.0881 e. The first kappa shape index (κ1) is 23.8. The second-order valence-electron chi connectivity index (χ2n) is 7.92. The minimum atomic E-state index is -0.112. The van der Waals surface area contributed by atoms with Gasteiger partial charge in [0.2, 0.25) is 0 Å². The standard InChI is InChI=1S/C26H34ClN3/c1-8-10-24-25(29-18(5)6)23(16-28)26(20-11-13-21(27)14-12-20)30(24)22(9-2)15-19(7)17(3)4/h9-16,18,26,28-29H,3,8H2,1-2,4-7H3/b19-15-,22-9+,24-10+,28-16?. The van der Waals surface area contributed by atoms with Gasteiger partial charge >= 0.3 is 0 Å². The van der Waals surface area contributed by atoms with Gasteiger partial charge in [-0.2, -0.15) is 0 Å². The number of benzene rings is 1. The summed E-state index contributed by atoms with van der Waals surface area (Å²) < 4.78 is 0. The van der Waals surface area contributed by atoms with Gasteiger partial charge in [-0.15, -0.1) is 0 Å². The molecular weight excluding hydrogens is 390 g/mol. The molecule has 0 spiro atoms. The number of allylic oxidation sites excluding steroid dienone is 5. The maximum atomic E-state index is 8.26. The predicted molar refractivity (Wildman–Crippen MR) is 131 cm³/mol. The lowest BCUT2D eigenvalue weighted by molar-refractivity contribution is 0.401. The van der Waals surface area contributed by atoms with E-state index < -0.39 is 0 Å². The maximum absolute atomic E-state index is 8.26. The molecule has 1 unspecified atom stereocenters. The Morgan fingerprint density at radius 2 is 1.90 bits per heavy atom. The van der Waals surface area contributed by atoms with Crippen LogP contribution >= 0.6 is 11.6 Å². The van der Waals surface area contributed by atoms with E-state index in [4.69, 9.17) is 17.0 Å². The zero-order chi connectivity index (χ0) is 22.4. The van der Waals surface area contributed by atoms with Crippen LogP contribution in [0.5, 0.6) is 0 Å². The quantitative estimate of drug-likeness (QED) is 0.339. The van der Waals surface area contributed by atoms with Crippen LogP contribution in [0, 0.1) is 5.41 Å². The Morgan fingerprint density at radius 1 is 1.27 bits per heavy atom. The first-order valence-electron chi connectivity index (χ1n) is 10.5. The molecule has 0 saturated carbocycles. The number of hydrogen-bond acceptors (Lipinski definition) is 3. The first-order chi connectivity index (χ1) is 14.2. The molecule has 3 nitrogen and oxygen atoms in total. The Balaban J connectivity index is 2.78. The van der Waals surface area contributed by atoms with Gasteiger partial charge in [0.25, 0.3) is 0 Å². The molecule has 1 aliphatic heterocycles. The Hall–Kier alpha value is -2.52. The van der Waals surface area contributed by atoms with E-state index in [0.717, 1.165) is 45.8 Å². The van der Waals surface area contributed by atoms with E-state index in [-0.39, 0.29) is 12.1 Å². The molecule has 2 rings (SSSR count). The minimum Gasteiger partial charge on any atom is -0.381 e. The molecule has 2 N–H and O–H groups in total. The van der Waals surface area contributed by atoms with Gasteiger partial charge in [-0.3, -0.25) is 0 Å². The lowest BCUT2D eigenvalue weighted by atomic mass is 9.99. The molecule has 160 valence electrons. The number of nitrogens with one attached hydrogen (secondary N) is 2. The van der Waals surface area contributed by atoms with E-state index in [1.807, 2.05) is 31.2 Å². The van der Waals surface area contributed by atoms with Crippen LogP contribution in [0.3, 0.4) is 0 Å². The molecule has 1 aromatic carbocycles. The highest BCUT2D eigenvalue weighted by molar-refractivity contribution is 6.30. The highest BCUT2D eigenvalue weighted by Crippen LogP contribution is 2.45. The molecular formula is C26H34ClN3. The Morgan fingerprint density at radius 3 is 2.37 bits per heavy atom. The van der Waals surface area contributed by atoms with Gasteiger partial charge in [0, 0.05) is 28.5 Å². The normalized spacial score (nSPS) is 19.1. The molecule has 30 heavy (non-hydrogen) atoms. The molecule has 1 atom stereocenters. The molecule has 0 aromatic heterocycles. The van der Waals surface area contributed by atoms with Gasteiger partial charge in [-0.25, -0.2) is 0 Å². The van der Waals surface area contributed by atoms with Gasteiger partial charge < -0.3 is 15.6 Å². The van der Waals surface area contributed by atoms with E-state index >= 15 is 0 Å². The summed E-state index contributed by atoms with van der Waals surface area (Å²) in [6, 6.07) is 8.07. The number of halogens is 1. The molecule has 0 amide bonds. The van der Waals surface area contributed by atoms with E-state index in [1.54, 1.807) is 0 Å². The molecule has 0 aliphatic carbocycles. The summed E-state index contributed by atoms with van der Waals surface area (Å²) in [5.41, 5.74) is 7.42. The predicted octanol–water partition coefficient (Wildman–Crippen LogP) is 7.32. The summed E-state index contributed by atoms with van der Waals surface area (Å²) in [4.78, 5) is 2.32. The lowest BCUT2D eigenvalue weighted by Crippen LogP contribution is -2.27. The molecule has 1 heterocycles. The summed E-state index contributed by atoms with van der Waals surface area (Å²) in [5.74, 6) is 0. The fourth-order valence-electron chi connectivity index (χ4n) is 3.57. The second kappa shape index (κ2) is 10.5. The third-order valence-electron chi connectivity index (χ3n) is 5.14. The van der Waals surface area contributed by atoms with Crippen molar-refractivity contribution in [1.82, 2.24) is 10.2 Å². The van der Waals surface area contributed by atoms with E-state index in [2.05, 4.69) is 69.6 Å². The van der Waals surface area contributed by atoms with Crippen molar-refractivity contribution in [2.45, 2.75) is 60.0 Å². The van der Waals surface area contributed by atoms with Crippen molar-refractivity contribution in [2.75, 3.05) is 0 Å². The summed E-state index contributed by atoms with van der Waals surface area (Å²) in [5, 5.41) is 12.6. The Kier molecular flexibility index (Phi) is 8.31. The fraction of sp³-hybridized carbons (Fsp3) is 0.346. The number of rotatable bonds is 8. The molecule has 1 aromatic rings. The van der Waals surface area contributed by atoms with Gasteiger partial charge in [-0.1, -0.05) is 55.0 Å². The highest BCUT2D eigenvalue weighted by Gasteiger charge is 2.37. The molecule has 4 heteroatoms. The molecule has 0 saturated heterocycles. The van der Waals surface area contributed by atoms with Crippen molar-refractivity contribution in [3.05, 3.63) is 93.5 Å². The zero-order valence-electron chi connectivity index (χ0n) is 19.0. The zero-order valence-corrected chi connectivity index (χ0v) is 19.8. The monoisotopic (exact) mass is 423 g/mol. The third kappa shape index (κ3) is 5.14. The van der Waals surface area contributed by atoms with Gasteiger partial charge in [0.1, 0.15) is 0 Å². The van der Waals surface area contributed by atoms with Crippen molar-refractivity contribution in [3.63, 3.8) is 0 Å². The van der Waals surface area contributed by atoms with Crippen molar-refractivity contribution in [2.24, 2.45) is 0 Å². The van der Waals surface area contributed by atoms with E-state index in [1.165, 1.54) is 6.21 Å². The SMILES string of the molecule is C=C(C)/C(C)=C\C(=C/C)N1/C(=C/CC)C(NC(C)C)=C(C=N)C1c1ccc(Cl)cc1. The van der Waals surface area contributed by atoms with Crippen LogP contribution in [0.4, 0.5) is 0 Å². The topological polar surface area (TPSA) is 39.1 Å². The van der Waals surface area contributed by atoms with Crippen molar-refractivity contribution < 1.29 is 0 Å². The van der Waals surface area contributed by atoms with Crippen LogP contribution in [-0.4, -0.2) is 17.2 Å². The van der Waals surface area contributed by atoms with Gasteiger partial charge in [0.05, 0.1) is 17.4 Å². The fourth-order valence-corrected chi connectivity index (χ4v) is 3.70. The third-order valence-corrected chi connectivity index (χ3v) is 5.39. The Bertz CT molecular complexity index is 914. The van der Waals surface area contributed by atoms with Crippen LogP contribution in [0.2, 0.25) is 5.02 Å². The molecule has 1 aliphatic rings. The smallest absolute Gasteiger partial charge is 0.0881 e. The molecule has 0 radical (unpaired) electrons. The van der Waals surface area contributed by atoms with Crippen LogP contribution < -0.4 is 5.32 Å². The van der Waals surface area contributed by atoms with Crippen LogP contribution in [0.25, 0.3) is 0 Å². The molecule has 0 bridgehead atoms. The Labute approximate surface area is 187 Å². The highest BCUT2D eigenvalue weighted by atomic mass is 35.5. The van der Waals surface area contributed by atoms with Gasteiger partial charge in [-0.05, 0) is 70.4 Å². The van der Waals surface area contributed by atoms with Crippen LogP contribution in [0.15, 0.2) is 82.9 Å². The number of hydrogen-bond donors (Lipinski definition) is 2. The van der Waals surface area contributed by atoms with Crippen molar-refractivity contribution >= 4 is 17.8 Å². The van der Waals surface area contributed by atoms with E-state index in [0.29, 0.717) is 5.02 Å². The number of nitrogens with zero attached hydrogens (tertiary/aromatic N) is 1. The largest absolute Gasteiger partial charge is 0.381 e. The van der Waals surface area contributed by atoms with Crippen molar-refractivity contribution in [3.8, 4) is 0 Å². The van der Waals surface area contributed by atoms with Gasteiger partial charge in [0.15, 0.2) is 0 Å². The summed E-state index contributed by atoms with van der Waals surface area (Å²) in [6.45, 7) is 16.6.